The summed E-state index contributed by atoms with van der Waals surface area (Å²) in [5.74, 6) is 0.763. The molecule has 0 aliphatic carbocycles. The molecule has 1 atom stereocenters. The molecule has 0 aromatic heterocycles. The summed E-state index contributed by atoms with van der Waals surface area (Å²) >= 11 is 5.79. The van der Waals surface area contributed by atoms with E-state index in [0.29, 0.717) is 22.3 Å². The number of ether oxygens (including phenoxy) is 2. The van der Waals surface area contributed by atoms with E-state index in [9.17, 15) is 4.79 Å². The van der Waals surface area contributed by atoms with Gasteiger partial charge in [-0.3, -0.25) is 0 Å². The molecule has 6 heteroatoms. The van der Waals surface area contributed by atoms with Crippen LogP contribution in [-0.2, 0) is 4.79 Å². The number of benzene rings is 2. The van der Waals surface area contributed by atoms with Gasteiger partial charge < -0.3 is 19.9 Å². The summed E-state index contributed by atoms with van der Waals surface area (Å²) in [7, 11) is 0. The van der Waals surface area contributed by atoms with E-state index in [1.807, 2.05) is 0 Å². The Hall–Kier alpha value is -2.24. The van der Waals surface area contributed by atoms with Gasteiger partial charge >= 0.3 is 5.97 Å². The van der Waals surface area contributed by atoms with Crippen molar-refractivity contribution < 1.29 is 19.4 Å². The van der Waals surface area contributed by atoms with Crippen molar-refractivity contribution in [3.8, 4) is 17.2 Å². The second kappa shape index (κ2) is 13.0. The van der Waals surface area contributed by atoms with Gasteiger partial charge in [0.1, 0.15) is 17.2 Å². The van der Waals surface area contributed by atoms with Gasteiger partial charge in [0.05, 0.1) is 0 Å². The molecule has 2 N–H and O–H groups in total. The molecule has 0 saturated carbocycles. The Morgan fingerprint density at radius 1 is 0.963 bits per heavy atom. The van der Waals surface area contributed by atoms with Crippen LogP contribution in [0.15, 0.2) is 48.5 Å². The molecule has 5 nitrogen and oxygen atoms in total. The van der Waals surface area contributed by atoms with Gasteiger partial charge in [-0.15, -0.1) is 0 Å². The fourth-order valence-electron chi connectivity index (χ4n) is 1.96. The van der Waals surface area contributed by atoms with Gasteiger partial charge in [-0.25, -0.2) is 4.79 Å². The van der Waals surface area contributed by atoms with Gasteiger partial charge in [-0.1, -0.05) is 25.4 Å². The van der Waals surface area contributed by atoms with E-state index in [4.69, 9.17) is 26.2 Å². The summed E-state index contributed by atoms with van der Waals surface area (Å²) < 4.78 is 10.8. The fraction of sp³-hybridized carbons (Fsp3) is 0.381. The first kappa shape index (κ1) is 22.8. The van der Waals surface area contributed by atoms with Crippen LogP contribution in [0, 0.1) is 0 Å². The lowest BCUT2D eigenvalue weighted by atomic mass is 10.3. The highest BCUT2D eigenvalue weighted by molar-refractivity contribution is 6.30. The van der Waals surface area contributed by atoms with Crippen LogP contribution in [0.4, 0.5) is 0 Å². The lowest BCUT2D eigenvalue weighted by Crippen LogP contribution is -2.22. The van der Waals surface area contributed by atoms with E-state index in [1.165, 1.54) is 32.9 Å². The number of nitrogens with one attached hydrogen (secondary N) is 1. The molecule has 0 amide bonds. The van der Waals surface area contributed by atoms with Gasteiger partial charge in [0.25, 0.3) is 0 Å². The van der Waals surface area contributed by atoms with Crippen molar-refractivity contribution >= 4 is 17.6 Å². The predicted molar refractivity (Wildman–Crippen MR) is 109 cm³/mol. The number of carboxylic acids is 1. The molecule has 0 fully saturated rings. The zero-order valence-electron chi connectivity index (χ0n) is 16.1. The topological polar surface area (TPSA) is 67.8 Å². The van der Waals surface area contributed by atoms with E-state index in [2.05, 4.69) is 19.2 Å². The predicted octanol–water partition coefficient (Wildman–Crippen LogP) is 5.38. The molecule has 0 heterocycles. The largest absolute Gasteiger partial charge is 0.479 e. The maximum atomic E-state index is 10.7. The molecule has 148 valence electrons. The Kier molecular flexibility index (Phi) is 11.0. The number of rotatable bonds is 9. The van der Waals surface area contributed by atoms with Crippen molar-refractivity contribution in [3.05, 3.63) is 53.6 Å². The minimum Gasteiger partial charge on any atom is -0.479 e. The number of carbonyl (C=O) groups is 1. The normalized spacial score (nSPS) is 11.1. The average molecular weight is 394 g/mol. The Morgan fingerprint density at radius 3 is 1.85 bits per heavy atom. The molecular formula is C21H28ClNO4. The Bertz CT molecular complexity index is 655. The molecule has 2 aromatic carbocycles. The third-order valence-electron chi connectivity index (χ3n) is 3.39. The highest BCUT2D eigenvalue weighted by atomic mass is 35.5. The smallest absolute Gasteiger partial charge is 0.344 e. The second-order valence-electron chi connectivity index (χ2n) is 5.88. The minimum atomic E-state index is -1.01. The maximum Gasteiger partial charge on any atom is 0.344 e. The van der Waals surface area contributed by atoms with Crippen LogP contribution in [0.25, 0.3) is 0 Å². The average Bonchev–Trinajstić information content (AvgIpc) is 2.66. The van der Waals surface area contributed by atoms with Crippen molar-refractivity contribution in [1.29, 1.82) is 0 Å². The molecule has 0 aliphatic rings. The summed E-state index contributed by atoms with van der Waals surface area (Å²) in [6, 6.07) is 13.7. The third kappa shape index (κ3) is 9.87. The molecular weight excluding hydrogens is 366 g/mol. The molecule has 2 aromatic rings. The van der Waals surface area contributed by atoms with Crippen molar-refractivity contribution in [2.45, 2.75) is 39.7 Å². The van der Waals surface area contributed by atoms with Crippen molar-refractivity contribution in [2.75, 3.05) is 13.1 Å². The first-order valence-electron chi connectivity index (χ1n) is 9.09. The second-order valence-corrected chi connectivity index (χ2v) is 6.31. The number of carboxylic acid groups (broad SMARTS) is 1. The molecule has 27 heavy (non-hydrogen) atoms. The fourth-order valence-corrected chi connectivity index (χ4v) is 2.08. The SMILES string of the molecule is CC(Oc1ccc(Oc2ccc(Cl)cc2)cc1)C(=O)O.CCCNCCC. The summed E-state index contributed by atoms with van der Waals surface area (Å²) in [6.07, 6.45) is 1.61. The van der Waals surface area contributed by atoms with E-state index in [0.717, 1.165) is 0 Å². The standard InChI is InChI=1S/C15H13ClO4.C6H15N/c1-10(15(17)18)19-12-6-8-14(9-7-12)20-13-4-2-11(16)3-5-13;1-3-5-7-6-4-2/h2-10H,1H3,(H,17,18);7H,3-6H2,1-2H3. The highest BCUT2D eigenvalue weighted by Gasteiger charge is 2.12. The zero-order chi connectivity index (χ0) is 20.1. The molecule has 0 spiro atoms. The lowest BCUT2D eigenvalue weighted by Gasteiger charge is -2.11. The molecule has 0 bridgehead atoms. The molecule has 0 aliphatic heterocycles. The van der Waals surface area contributed by atoms with Crippen molar-refractivity contribution in [3.63, 3.8) is 0 Å². The van der Waals surface area contributed by atoms with Gasteiger partial charge in [0.2, 0.25) is 0 Å². The van der Waals surface area contributed by atoms with E-state index < -0.39 is 12.1 Å². The Balaban J connectivity index is 0.000000445. The van der Waals surface area contributed by atoms with Crippen LogP contribution in [0.5, 0.6) is 17.2 Å². The first-order chi connectivity index (χ1) is 13.0. The Morgan fingerprint density at radius 2 is 1.41 bits per heavy atom. The van der Waals surface area contributed by atoms with Crippen molar-refractivity contribution in [2.24, 2.45) is 0 Å². The molecule has 0 radical (unpaired) electrons. The Labute approximate surface area is 166 Å². The van der Waals surface area contributed by atoms with E-state index in [-0.39, 0.29) is 0 Å². The lowest BCUT2D eigenvalue weighted by molar-refractivity contribution is -0.144. The van der Waals surface area contributed by atoms with Gasteiger partial charge in [-0.05, 0) is 81.4 Å². The van der Waals surface area contributed by atoms with Crippen LogP contribution in [0.3, 0.4) is 0 Å². The number of hydrogen-bond donors (Lipinski definition) is 2. The quantitative estimate of drug-likeness (QED) is 0.560. The third-order valence-corrected chi connectivity index (χ3v) is 3.64. The zero-order valence-corrected chi connectivity index (χ0v) is 16.8. The monoisotopic (exact) mass is 393 g/mol. The van der Waals surface area contributed by atoms with Crippen LogP contribution in [0.1, 0.15) is 33.6 Å². The van der Waals surface area contributed by atoms with Gasteiger partial charge in [0.15, 0.2) is 6.10 Å². The van der Waals surface area contributed by atoms with Gasteiger partial charge in [0, 0.05) is 5.02 Å². The highest BCUT2D eigenvalue weighted by Crippen LogP contribution is 2.25. The van der Waals surface area contributed by atoms with Gasteiger partial charge in [-0.2, -0.15) is 0 Å². The molecule has 0 saturated heterocycles. The number of aliphatic carboxylic acids is 1. The summed E-state index contributed by atoms with van der Waals surface area (Å²) in [6.45, 7) is 8.19. The number of halogens is 1. The molecule has 1 unspecified atom stereocenters. The van der Waals surface area contributed by atoms with E-state index in [1.54, 1.807) is 48.5 Å². The number of hydrogen-bond acceptors (Lipinski definition) is 4. The van der Waals surface area contributed by atoms with Crippen molar-refractivity contribution in [1.82, 2.24) is 5.32 Å². The van der Waals surface area contributed by atoms with Crippen LogP contribution < -0.4 is 14.8 Å². The van der Waals surface area contributed by atoms with Crippen LogP contribution in [-0.4, -0.2) is 30.3 Å². The first-order valence-corrected chi connectivity index (χ1v) is 9.47. The molecule has 2 rings (SSSR count). The van der Waals surface area contributed by atoms with E-state index >= 15 is 0 Å². The summed E-state index contributed by atoms with van der Waals surface area (Å²) in [4.78, 5) is 10.7. The summed E-state index contributed by atoms with van der Waals surface area (Å²) in [5, 5.41) is 12.7. The maximum absolute atomic E-state index is 10.7. The van der Waals surface area contributed by atoms with Crippen LogP contribution >= 0.6 is 11.6 Å². The summed E-state index contributed by atoms with van der Waals surface area (Å²) in [5.41, 5.74) is 0. The van der Waals surface area contributed by atoms with Crippen LogP contribution in [0.2, 0.25) is 5.02 Å². The minimum absolute atomic E-state index is 0.475.